The fraction of sp³-hybridized carbons (Fsp3) is 0.545. The molecule has 1 aromatic rings. The largest absolute Gasteiger partial charge is 0.440 e. The van der Waals surface area contributed by atoms with Crippen molar-refractivity contribution in [1.82, 2.24) is 4.72 Å². The molecule has 96 valence electrons. The molecule has 5 nitrogen and oxygen atoms in total. The van der Waals surface area contributed by atoms with Gasteiger partial charge in [-0.1, -0.05) is 20.3 Å². The van der Waals surface area contributed by atoms with Crippen LogP contribution in [0.2, 0.25) is 0 Å². The lowest BCUT2D eigenvalue weighted by Gasteiger charge is -2.14. The van der Waals surface area contributed by atoms with E-state index in [0.29, 0.717) is 12.7 Å². The highest BCUT2D eigenvalue weighted by atomic mass is 32.2. The third-order valence-corrected chi connectivity index (χ3v) is 3.83. The first-order valence-electron chi connectivity index (χ1n) is 5.60. The van der Waals surface area contributed by atoms with Crippen molar-refractivity contribution >= 4 is 16.3 Å². The van der Waals surface area contributed by atoms with Gasteiger partial charge in [0.25, 0.3) is 10.0 Å². The number of hydrogen-bond acceptors (Lipinski definition) is 4. The molecule has 0 radical (unpaired) electrons. The van der Waals surface area contributed by atoms with Gasteiger partial charge in [0.1, 0.15) is 0 Å². The van der Waals surface area contributed by atoms with Gasteiger partial charge in [0.05, 0.1) is 0 Å². The van der Waals surface area contributed by atoms with Gasteiger partial charge in [-0.15, -0.1) is 0 Å². The van der Waals surface area contributed by atoms with Crippen LogP contribution >= 0.6 is 0 Å². The van der Waals surface area contributed by atoms with E-state index < -0.39 is 10.0 Å². The molecule has 1 rings (SSSR count). The quantitative estimate of drug-likeness (QED) is 0.759. The molecule has 0 bridgehead atoms. The molecule has 0 aliphatic rings. The standard InChI is InChI=1S/C11H17NO4S/c1-3-5-9(4-2)12-17(14,15)11-7-6-10(8-13)16-11/h6-9,12H,3-5H2,1-2H3. The Morgan fingerprint density at radius 1 is 1.41 bits per heavy atom. The fourth-order valence-electron chi connectivity index (χ4n) is 1.51. The molecule has 0 spiro atoms. The van der Waals surface area contributed by atoms with Crippen LogP contribution in [0.3, 0.4) is 0 Å². The summed E-state index contributed by atoms with van der Waals surface area (Å²) < 4.78 is 31.2. The van der Waals surface area contributed by atoms with E-state index in [1.54, 1.807) is 0 Å². The normalized spacial score (nSPS) is 13.5. The summed E-state index contributed by atoms with van der Waals surface area (Å²) in [4.78, 5) is 10.4. The third-order valence-electron chi connectivity index (χ3n) is 2.43. The number of furan rings is 1. The molecule has 1 aromatic heterocycles. The Hall–Kier alpha value is -1.14. The van der Waals surface area contributed by atoms with Crippen molar-refractivity contribution in [2.45, 2.75) is 44.2 Å². The second-order valence-corrected chi connectivity index (χ2v) is 5.43. The van der Waals surface area contributed by atoms with Crippen LogP contribution in [0.15, 0.2) is 21.6 Å². The van der Waals surface area contributed by atoms with E-state index in [0.717, 1.165) is 12.8 Å². The predicted molar refractivity (Wildman–Crippen MR) is 63.4 cm³/mol. The van der Waals surface area contributed by atoms with E-state index in [9.17, 15) is 13.2 Å². The van der Waals surface area contributed by atoms with Gasteiger partial charge >= 0.3 is 0 Å². The summed E-state index contributed by atoms with van der Waals surface area (Å²) in [5.74, 6) is 0.00825. The minimum atomic E-state index is -3.66. The van der Waals surface area contributed by atoms with Crippen molar-refractivity contribution in [3.8, 4) is 0 Å². The Morgan fingerprint density at radius 3 is 2.59 bits per heavy atom. The molecule has 1 unspecified atom stereocenters. The van der Waals surface area contributed by atoms with Crippen LogP contribution in [0.4, 0.5) is 0 Å². The number of carbonyl (C=O) groups excluding carboxylic acids is 1. The number of rotatable bonds is 7. The van der Waals surface area contributed by atoms with Crippen molar-refractivity contribution < 1.29 is 17.6 Å². The van der Waals surface area contributed by atoms with Gasteiger partial charge < -0.3 is 4.42 Å². The van der Waals surface area contributed by atoms with E-state index in [-0.39, 0.29) is 16.9 Å². The second kappa shape index (κ2) is 5.97. The number of nitrogens with one attached hydrogen (secondary N) is 1. The van der Waals surface area contributed by atoms with Gasteiger partial charge in [-0.05, 0) is 25.0 Å². The van der Waals surface area contributed by atoms with Crippen LogP contribution in [0.1, 0.15) is 43.7 Å². The molecule has 17 heavy (non-hydrogen) atoms. The molecule has 6 heteroatoms. The van der Waals surface area contributed by atoms with Crippen molar-refractivity contribution in [1.29, 1.82) is 0 Å². The lowest BCUT2D eigenvalue weighted by atomic mass is 10.1. The molecule has 0 fully saturated rings. The maximum Gasteiger partial charge on any atom is 0.274 e. The van der Waals surface area contributed by atoms with Gasteiger partial charge in [0.2, 0.25) is 5.09 Å². The molecule has 1 heterocycles. The first-order valence-corrected chi connectivity index (χ1v) is 7.09. The van der Waals surface area contributed by atoms with Gasteiger partial charge in [-0.25, -0.2) is 13.1 Å². The van der Waals surface area contributed by atoms with Crippen LogP contribution in [0, 0.1) is 0 Å². The van der Waals surface area contributed by atoms with E-state index in [2.05, 4.69) is 4.72 Å². The van der Waals surface area contributed by atoms with Crippen molar-refractivity contribution in [2.75, 3.05) is 0 Å². The Labute approximate surface area is 101 Å². The highest BCUT2D eigenvalue weighted by molar-refractivity contribution is 7.89. The number of hydrogen-bond donors (Lipinski definition) is 1. The molecule has 1 atom stereocenters. The van der Waals surface area contributed by atoms with Crippen molar-refractivity contribution in [3.05, 3.63) is 17.9 Å². The molecule has 0 saturated carbocycles. The smallest absolute Gasteiger partial charge is 0.274 e. The molecule has 0 aliphatic carbocycles. The SMILES string of the molecule is CCCC(CC)NS(=O)(=O)c1ccc(C=O)o1. The summed E-state index contributed by atoms with van der Waals surface area (Å²) in [5.41, 5.74) is 0. The molecule has 0 aliphatic heterocycles. The molecular weight excluding hydrogens is 242 g/mol. The van der Waals surface area contributed by atoms with Gasteiger partial charge in [0, 0.05) is 6.04 Å². The topological polar surface area (TPSA) is 76.4 Å². The zero-order valence-corrected chi connectivity index (χ0v) is 10.8. The van der Waals surface area contributed by atoms with Crippen LogP contribution in [-0.4, -0.2) is 20.7 Å². The van der Waals surface area contributed by atoms with Crippen LogP contribution in [0.25, 0.3) is 0 Å². The molecule has 1 N–H and O–H groups in total. The predicted octanol–water partition coefficient (Wildman–Crippen LogP) is 1.95. The first kappa shape index (κ1) is 13.9. The molecule has 0 saturated heterocycles. The monoisotopic (exact) mass is 259 g/mol. The Balaban J connectivity index is 2.83. The fourth-order valence-corrected chi connectivity index (χ4v) is 2.81. The zero-order chi connectivity index (χ0) is 12.9. The summed E-state index contributed by atoms with van der Waals surface area (Å²) in [6.07, 6.45) is 2.87. The minimum Gasteiger partial charge on any atom is -0.440 e. The summed E-state index contributed by atoms with van der Waals surface area (Å²) in [5, 5.41) is -0.214. The van der Waals surface area contributed by atoms with Gasteiger partial charge in [-0.3, -0.25) is 4.79 Å². The summed E-state index contributed by atoms with van der Waals surface area (Å²) in [6, 6.07) is 2.52. The maximum absolute atomic E-state index is 11.9. The van der Waals surface area contributed by atoms with E-state index in [4.69, 9.17) is 4.42 Å². The van der Waals surface area contributed by atoms with E-state index in [1.807, 2.05) is 13.8 Å². The lowest BCUT2D eigenvalue weighted by molar-refractivity contribution is 0.109. The Kier molecular flexibility index (Phi) is 4.89. The highest BCUT2D eigenvalue weighted by Crippen LogP contribution is 2.14. The Bertz CT molecular complexity index is 464. The molecule has 0 amide bonds. The average Bonchev–Trinajstić information content (AvgIpc) is 2.77. The van der Waals surface area contributed by atoms with Crippen LogP contribution < -0.4 is 4.72 Å². The highest BCUT2D eigenvalue weighted by Gasteiger charge is 2.21. The van der Waals surface area contributed by atoms with Crippen molar-refractivity contribution in [2.24, 2.45) is 0 Å². The minimum absolute atomic E-state index is 0.00825. The molecular formula is C11H17NO4S. The Morgan fingerprint density at radius 2 is 2.12 bits per heavy atom. The number of aldehydes is 1. The van der Waals surface area contributed by atoms with Crippen LogP contribution in [-0.2, 0) is 10.0 Å². The maximum atomic E-state index is 11.9. The van der Waals surface area contributed by atoms with Crippen LogP contribution in [0.5, 0.6) is 0 Å². The van der Waals surface area contributed by atoms with E-state index >= 15 is 0 Å². The third kappa shape index (κ3) is 3.67. The first-order chi connectivity index (χ1) is 8.03. The zero-order valence-electron chi connectivity index (χ0n) is 9.97. The number of sulfonamides is 1. The summed E-state index contributed by atoms with van der Waals surface area (Å²) in [7, 11) is -3.66. The number of carbonyl (C=O) groups is 1. The van der Waals surface area contributed by atoms with Gasteiger partial charge in [0.15, 0.2) is 12.0 Å². The second-order valence-electron chi connectivity index (χ2n) is 3.79. The average molecular weight is 259 g/mol. The van der Waals surface area contributed by atoms with Crippen molar-refractivity contribution in [3.63, 3.8) is 0 Å². The lowest BCUT2D eigenvalue weighted by Crippen LogP contribution is -2.34. The summed E-state index contributed by atoms with van der Waals surface area (Å²) >= 11 is 0. The summed E-state index contributed by atoms with van der Waals surface area (Å²) in [6.45, 7) is 3.91. The van der Waals surface area contributed by atoms with E-state index in [1.165, 1.54) is 12.1 Å². The van der Waals surface area contributed by atoms with Gasteiger partial charge in [-0.2, -0.15) is 0 Å². The molecule has 0 aromatic carbocycles.